The highest BCUT2D eigenvalue weighted by molar-refractivity contribution is 5.33. The third kappa shape index (κ3) is 4.65. The summed E-state index contributed by atoms with van der Waals surface area (Å²) in [6.45, 7) is 2.84. The molecule has 0 amide bonds. The van der Waals surface area contributed by atoms with Crippen LogP contribution in [0.2, 0.25) is 0 Å². The number of alkyl halides is 1. The molecule has 0 bridgehead atoms. The Morgan fingerprint density at radius 1 is 1.20 bits per heavy atom. The molecular formula is C19H26FN5. The summed E-state index contributed by atoms with van der Waals surface area (Å²) in [6, 6.07) is 10.7. The predicted molar refractivity (Wildman–Crippen MR) is 97.9 cm³/mol. The molecule has 1 saturated carbocycles. The van der Waals surface area contributed by atoms with Crippen LogP contribution in [0.5, 0.6) is 0 Å². The van der Waals surface area contributed by atoms with Crippen molar-refractivity contribution >= 4 is 11.9 Å². The fraction of sp³-hybridized carbons (Fsp3) is 0.526. The molecule has 1 aliphatic carbocycles. The van der Waals surface area contributed by atoms with Gasteiger partial charge in [0.05, 0.1) is 0 Å². The first-order valence-electron chi connectivity index (χ1n) is 8.93. The first-order chi connectivity index (χ1) is 11.9. The number of benzene rings is 1. The molecule has 2 aromatic rings. The lowest BCUT2D eigenvalue weighted by Gasteiger charge is -2.34. The Labute approximate surface area is 148 Å². The molecule has 6 heteroatoms. The van der Waals surface area contributed by atoms with E-state index in [0.29, 0.717) is 11.9 Å². The van der Waals surface area contributed by atoms with Gasteiger partial charge in [0.15, 0.2) is 11.5 Å². The van der Waals surface area contributed by atoms with Gasteiger partial charge in [0.25, 0.3) is 0 Å². The van der Waals surface area contributed by atoms with Crippen LogP contribution in [0.4, 0.5) is 16.3 Å². The SMILES string of the molecule is CC(C)(F)c1nc(N)nc(NC(CCc2ccccc2)C2CCC2)n1. The average molecular weight is 343 g/mol. The number of nitrogens with zero attached hydrogens (tertiary/aromatic N) is 3. The second-order valence-electron chi connectivity index (χ2n) is 7.28. The number of nitrogens with one attached hydrogen (secondary N) is 1. The van der Waals surface area contributed by atoms with Crippen molar-refractivity contribution < 1.29 is 4.39 Å². The Balaban J connectivity index is 1.73. The van der Waals surface area contributed by atoms with Gasteiger partial charge in [0.1, 0.15) is 0 Å². The number of rotatable bonds is 7. The van der Waals surface area contributed by atoms with E-state index in [0.717, 1.165) is 12.8 Å². The van der Waals surface area contributed by atoms with Gasteiger partial charge in [-0.05, 0) is 51.0 Å². The quantitative estimate of drug-likeness (QED) is 0.798. The molecule has 3 N–H and O–H groups in total. The highest BCUT2D eigenvalue weighted by Gasteiger charge is 2.29. The van der Waals surface area contributed by atoms with E-state index in [4.69, 9.17) is 5.73 Å². The molecule has 1 aromatic heterocycles. The molecule has 1 fully saturated rings. The number of aryl methyl sites for hydroxylation is 1. The van der Waals surface area contributed by atoms with Crippen molar-refractivity contribution in [3.63, 3.8) is 0 Å². The van der Waals surface area contributed by atoms with Gasteiger partial charge >= 0.3 is 0 Å². The van der Waals surface area contributed by atoms with Crippen LogP contribution in [0.3, 0.4) is 0 Å². The fourth-order valence-electron chi connectivity index (χ4n) is 3.12. The second-order valence-corrected chi connectivity index (χ2v) is 7.28. The van der Waals surface area contributed by atoms with Crippen LogP contribution in [-0.2, 0) is 12.1 Å². The fourth-order valence-corrected chi connectivity index (χ4v) is 3.12. The summed E-state index contributed by atoms with van der Waals surface area (Å²) in [7, 11) is 0. The molecule has 5 nitrogen and oxygen atoms in total. The molecule has 134 valence electrons. The summed E-state index contributed by atoms with van der Waals surface area (Å²) in [5.41, 5.74) is 5.42. The maximum atomic E-state index is 14.2. The molecule has 1 atom stereocenters. The maximum absolute atomic E-state index is 14.2. The largest absolute Gasteiger partial charge is 0.368 e. The highest BCUT2D eigenvalue weighted by atomic mass is 19.1. The number of nitrogens with two attached hydrogens (primary N) is 1. The Morgan fingerprint density at radius 3 is 2.52 bits per heavy atom. The van der Waals surface area contributed by atoms with Gasteiger partial charge in [-0.1, -0.05) is 36.8 Å². The minimum absolute atomic E-state index is 0.0497. The second kappa shape index (κ2) is 7.33. The van der Waals surface area contributed by atoms with Crippen LogP contribution >= 0.6 is 0 Å². The third-order valence-electron chi connectivity index (χ3n) is 4.80. The van der Waals surface area contributed by atoms with Crippen LogP contribution in [-0.4, -0.2) is 21.0 Å². The maximum Gasteiger partial charge on any atom is 0.228 e. The zero-order valence-corrected chi connectivity index (χ0v) is 14.9. The Bertz CT molecular complexity index is 695. The van der Waals surface area contributed by atoms with Crippen LogP contribution in [0, 0.1) is 5.92 Å². The molecular weight excluding hydrogens is 317 g/mol. The number of aromatic nitrogens is 3. The molecule has 0 radical (unpaired) electrons. The summed E-state index contributed by atoms with van der Waals surface area (Å²) in [6.07, 6.45) is 5.63. The zero-order valence-electron chi connectivity index (χ0n) is 14.9. The zero-order chi connectivity index (χ0) is 17.9. The minimum atomic E-state index is -1.65. The lowest BCUT2D eigenvalue weighted by Crippen LogP contribution is -2.35. The molecule has 1 aliphatic rings. The van der Waals surface area contributed by atoms with Gasteiger partial charge in [0.2, 0.25) is 11.9 Å². The number of halogens is 1. The van der Waals surface area contributed by atoms with E-state index >= 15 is 0 Å². The van der Waals surface area contributed by atoms with Gasteiger partial charge in [-0.25, -0.2) is 4.39 Å². The number of anilines is 2. The predicted octanol–water partition coefficient (Wildman–Crippen LogP) is 3.87. The molecule has 25 heavy (non-hydrogen) atoms. The molecule has 0 spiro atoms. The molecule has 1 heterocycles. The van der Waals surface area contributed by atoms with E-state index in [2.05, 4.69) is 44.5 Å². The van der Waals surface area contributed by atoms with Crippen molar-refractivity contribution in [2.75, 3.05) is 11.1 Å². The summed E-state index contributed by atoms with van der Waals surface area (Å²) in [5.74, 6) is 1.09. The van der Waals surface area contributed by atoms with Crippen molar-refractivity contribution in [3.05, 3.63) is 41.7 Å². The summed E-state index contributed by atoms with van der Waals surface area (Å²) < 4.78 is 14.2. The standard InChI is InChI=1S/C19H26FN5/c1-19(2,20)16-23-17(21)25-18(24-16)22-15(14-9-6-10-14)12-11-13-7-4-3-5-8-13/h3-5,7-8,14-15H,6,9-12H2,1-2H3,(H3,21,22,23,24,25). The van der Waals surface area contributed by atoms with Crippen LogP contribution in [0.15, 0.2) is 30.3 Å². The van der Waals surface area contributed by atoms with Gasteiger partial charge in [-0.3, -0.25) is 0 Å². The first-order valence-corrected chi connectivity index (χ1v) is 8.93. The van der Waals surface area contributed by atoms with E-state index in [1.165, 1.54) is 38.7 Å². The normalized spacial score (nSPS) is 16.3. The Kier molecular flexibility index (Phi) is 5.16. The summed E-state index contributed by atoms with van der Waals surface area (Å²) >= 11 is 0. The van der Waals surface area contributed by atoms with E-state index in [9.17, 15) is 4.39 Å². The number of nitrogen functional groups attached to an aromatic ring is 1. The topological polar surface area (TPSA) is 76.7 Å². The minimum Gasteiger partial charge on any atom is -0.368 e. The van der Waals surface area contributed by atoms with Crippen LogP contribution in [0.25, 0.3) is 0 Å². The number of hydrogen-bond donors (Lipinski definition) is 2. The van der Waals surface area contributed by atoms with E-state index in [-0.39, 0.29) is 17.8 Å². The monoisotopic (exact) mass is 343 g/mol. The summed E-state index contributed by atoms with van der Waals surface area (Å²) in [5, 5.41) is 3.40. The molecule has 1 unspecified atom stereocenters. The van der Waals surface area contributed by atoms with Gasteiger partial charge in [-0.2, -0.15) is 15.0 Å². The first kappa shape index (κ1) is 17.6. The molecule has 0 aliphatic heterocycles. The van der Waals surface area contributed by atoms with Gasteiger partial charge < -0.3 is 11.1 Å². The van der Waals surface area contributed by atoms with Crippen LogP contribution in [0.1, 0.15) is 50.9 Å². The molecule has 0 saturated heterocycles. The van der Waals surface area contributed by atoms with Gasteiger partial charge in [0, 0.05) is 6.04 Å². The smallest absolute Gasteiger partial charge is 0.228 e. The van der Waals surface area contributed by atoms with Crippen molar-refractivity contribution in [2.24, 2.45) is 5.92 Å². The lowest BCUT2D eigenvalue weighted by atomic mass is 9.78. The average Bonchev–Trinajstić information content (AvgIpc) is 2.50. The molecule has 3 rings (SSSR count). The van der Waals surface area contributed by atoms with Crippen LogP contribution < -0.4 is 11.1 Å². The highest BCUT2D eigenvalue weighted by Crippen LogP contribution is 2.33. The molecule has 1 aromatic carbocycles. The van der Waals surface area contributed by atoms with E-state index < -0.39 is 5.67 Å². The van der Waals surface area contributed by atoms with Crippen molar-refractivity contribution in [3.8, 4) is 0 Å². The Hall–Kier alpha value is -2.24. The van der Waals surface area contributed by atoms with Crippen molar-refractivity contribution in [1.82, 2.24) is 15.0 Å². The van der Waals surface area contributed by atoms with Gasteiger partial charge in [-0.15, -0.1) is 0 Å². The number of hydrogen-bond acceptors (Lipinski definition) is 5. The Morgan fingerprint density at radius 2 is 1.92 bits per heavy atom. The van der Waals surface area contributed by atoms with E-state index in [1.807, 2.05) is 6.07 Å². The van der Waals surface area contributed by atoms with E-state index in [1.54, 1.807) is 0 Å². The third-order valence-corrected chi connectivity index (χ3v) is 4.80. The summed E-state index contributed by atoms with van der Waals surface area (Å²) in [4.78, 5) is 12.3. The van der Waals surface area contributed by atoms with Crippen molar-refractivity contribution in [1.29, 1.82) is 0 Å². The lowest BCUT2D eigenvalue weighted by molar-refractivity contribution is 0.206. The van der Waals surface area contributed by atoms with Crippen molar-refractivity contribution in [2.45, 2.75) is 57.7 Å².